The summed E-state index contributed by atoms with van der Waals surface area (Å²) in [7, 11) is 0. The molecule has 0 spiro atoms. The maximum absolute atomic E-state index is 12.3. The van der Waals surface area contributed by atoms with Crippen LogP contribution in [0.15, 0.2) is 30.4 Å². The van der Waals surface area contributed by atoms with E-state index in [0.717, 1.165) is 12.0 Å². The van der Waals surface area contributed by atoms with E-state index in [1.165, 1.54) is 6.07 Å². The van der Waals surface area contributed by atoms with E-state index >= 15 is 0 Å². The van der Waals surface area contributed by atoms with Gasteiger partial charge in [0.15, 0.2) is 11.5 Å². The summed E-state index contributed by atoms with van der Waals surface area (Å²) in [5.41, 5.74) is 0.922. The normalized spacial score (nSPS) is 20.6. The number of halogens is 2. The number of aliphatic hydroxyl groups excluding tert-OH is 1. The number of alkyl halides is 2. The number of aliphatic hydroxyl groups is 1. The molecule has 0 bridgehead atoms. The Hall–Kier alpha value is -1.66. The SMILES string of the molecule is CCOc1cc(CN[C@@H]2C=C[C@H](CO)C2)ccc1OC(F)F. The Balaban J connectivity index is 1.96. The third-order valence-electron chi connectivity index (χ3n) is 3.50. The minimum absolute atomic E-state index is 0.0432. The second kappa shape index (κ2) is 8.10. The van der Waals surface area contributed by atoms with Crippen LogP contribution in [-0.2, 0) is 6.54 Å². The number of hydrogen-bond acceptors (Lipinski definition) is 4. The van der Waals surface area contributed by atoms with Gasteiger partial charge in [0.05, 0.1) is 6.61 Å². The lowest BCUT2D eigenvalue weighted by Gasteiger charge is -2.15. The lowest BCUT2D eigenvalue weighted by atomic mass is 10.1. The first-order valence-electron chi connectivity index (χ1n) is 7.35. The Kier molecular flexibility index (Phi) is 6.15. The van der Waals surface area contributed by atoms with Gasteiger partial charge < -0.3 is 19.9 Å². The number of rotatable bonds is 8. The molecular weight excluding hydrogens is 292 g/mol. The molecule has 2 atom stereocenters. The highest BCUT2D eigenvalue weighted by molar-refractivity contribution is 5.43. The van der Waals surface area contributed by atoms with Gasteiger partial charge in [0.1, 0.15) is 0 Å². The fourth-order valence-electron chi connectivity index (χ4n) is 2.43. The summed E-state index contributed by atoms with van der Waals surface area (Å²) in [6.45, 7) is 0.0303. The van der Waals surface area contributed by atoms with Gasteiger partial charge >= 0.3 is 6.61 Å². The second-order valence-electron chi connectivity index (χ2n) is 5.14. The molecule has 22 heavy (non-hydrogen) atoms. The maximum atomic E-state index is 12.3. The highest BCUT2D eigenvalue weighted by Gasteiger charge is 2.18. The van der Waals surface area contributed by atoms with Crippen molar-refractivity contribution in [2.24, 2.45) is 5.92 Å². The lowest BCUT2D eigenvalue weighted by Crippen LogP contribution is -2.26. The predicted octanol–water partition coefficient (Wildman–Crippen LogP) is 2.71. The monoisotopic (exact) mass is 313 g/mol. The molecule has 0 unspecified atom stereocenters. The third kappa shape index (κ3) is 4.68. The van der Waals surface area contributed by atoms with E-state index in [-0.39, 0.29) is 24.3 Å². The summed E-state index contributed by atoms with van der Waals surface area (Å²) in [5.74, 6) is 0.567. The van der Waals surface area contributed by atoms with Gasteiger partial charge in [-0.1, -0.05) is 18.2 Å². The molecule has 2 rings (SSSR count). The highest BCUT2D eigenvalue weighted by atomic mass is 19.3. The van der Waals surface area contributed by atoms with Crippen LogP contribution in [0.3, 0.4) is 0 Å². The largest absolute Gasteiger partial charge is 0.490 e. The maximum Gasteiger partial charge on any atom is 0.387 e. The van der Waals surface area contributed by atoms with Gasteiger partial charge in [-0.05, 0) is 31.0 Å². The second-order valence-corrected chi connectivity index (χ2v) is 5.14. The van der Waals surface area contributed by atoms with E-state index in [0.29, 0.717) is 18.9 Å². The van der Waals surface area contributed by atoms with Crippen molar-refractivity contribution in [1.29, 1.82) is 0 Å². The van der Waals surface area contributed by atoms with Crippen molar-refractivity contribution >= 4 is 0 Å². The van der Waals surface area contributed by atoms with Crippen molar-refractivity contribution in [2.45, 2.75) is 32.5 Å². The Bertz CT molecular complexity index is 508. The summed E-state index contributed by atoms with van der Waals surface area (Å²) in [5, 5.41) is 12.4. The summed E-state index contributed by atoms with van der Waals surface area (Å²) in [4.78, 5) is 0. The summed E-state index contributed by atoms with van der Waals surface area (Å²) < 4.78 is 34.5. The highest BCUT2D eigenvalue weighted by Crippen LogP contribution is 2.30. The molecule has 2 N–H and O–H groups in total. The van der Waals surface area contributed by atoms with E-state index < -0.39 is 6.61 Å². The van der Waals surface area contributed by atoms with E-state index in [4.69, 9.17) is 9.84 Å². The molecule has 0 heterocycles. The predicted molar refractivity (Wildman–Crippen MR) is 79.2 cm³/mol. The lowest BCUT2D eigenvalue weighted by molar-refractivity contribution is -0.0514. The summed E-state index contributed by atoms with van der Waals surface area (Å²) in [6, 6.07) is 5.14. The minimum atomic E-state index is -2.87. The first-order valence-corrected chi connectivity index (χ1v) is 7.35. The van der Waals surface area contributed by atoms with E-state index in [2.05, 4.69) is 10.1 Å². The molecule has 4 nitrogen and oxygen atoms in total. The molecule has 0 saturated heterocycles. The van der Waals surface area contributed by atoms with E-state index in [1.54, 1.807) is 19.1 Å². The molecule has 1 aromatic carbocycles. The van der Waals surface area contributed by atoms with Gasteiger partial charge in [-0.2, -0.15) is 8.78 Å². The zero-order valence-electron chi connectivity index (χ0n) is 12.5. The van der Waals surface area contributed by atoms with Gasteiger partial charge in [0.2, 0.25) is 0 Å². The third-order valence-corrected chi connectivity index (χ3v) is 3.50. The standard InChI is InChI=1S/C16H21F2NO3/c1-2-21-15-8-11(4-6-14(15)22-16(17)18)9-19-13-5-3-12(7-13)10-20/h3-6,8,12-13,16,19-20H,2,7,9-10H2,1H3/t12-,13+/m0/s1. The first kappa shape index (κ1) is 16.7. The average Bonchev–Trinajstić information content (AvgIpc) is 2.95. The minimum Gasteiger partial charge on any atom is -0.490 e. The van der Waals surface area contributed by atoms with Gasteiger partial charge in [0.25, 0.3) is 0 Å². The fourth-order valence-corrected chi connectivity index (χ4v) is 2.43. The Morgan fingerprint density at radius 2 is 2.14 bits per heavy atom. The molecule has 0 aliphatic heterocycles. The van der Waals surface area contributed by atoms with Crippen LogP contribution in [0.2, 0.25) is 0 Å². The van der Waals surface area contributed by atoms with Gasteiger partial charge in [0, 0.05) is 25.1 Å². The quantitative estimate of drug-likeness (QED) is 0.725. The van der Waals surface area contributed by atoms with Crippen LogP contribution in [0.5, 0.6) is 11.5 Å². The van der Waals surface area contributed by atoms with Crippen molar-refractivity contribution in [1.82, 2.24) is 5.32 Å². The van der Waals surface area contributed by atoms with E-state index in [1.807, 2.05) is 12.2 Å². The number of nitrogens with one attached hydrogen (secondary N) is 1. The molecule has 122 valence electrons. The Morgan fingerprint density at radius 1 is 1.32 bits per heavy atom. The van der Waals surface area contributed by atoms with E-state index in [9.17, 15) is 8.78 Å². The molecule has 1 aliphatic carbocycles. The van der Waals surface area contributed by atoms with Crippen molar-refractivity contribution in [2.75, 3.05) is 13.2 Å². The summed E-state index contributed by atoms with van der Waals surface area (Å²) in [6.07, 6.45) is 4.91. The van der Waals surface area contributed by atoms with Crippen LogP contribution in [0.1, 0.15) is 18.9 Å². The van der Waals surface area contributed by atoms with Gasteiger partial charge in [-0.15, -0.1) is 0 Å². The number of hydrogen-bond donors (Lipinski definition) is 2. The van der Waals surface area contributed by atoms with Crippen LogP contribution in [0.4, 0.5) is 8.78 Å². The molecule has 0 amide bonds. The molecule has 6 heteroatoms. The van der Waals surface area contributed by atoms with Crippen molar-refractivity contribution in [3.05, 3.63) is 35.9 Å². The zero-order chi connectivity index (χ0) is 15.9. The molecule has 0 aromatic heterocycles. The van der Waals surface area contributed by atoms with Crippen molar-refractivity contribution in [3.63, 3.8) is 0 Å². The molecule has 0 fully saturated rings. The molecule has 0 radical (unpaired) electrons. The van der Waals surface area contributed by atoms with Crippen molar-refractivity contribution in [3.8, 4) is 11.5 Å². The van der Waals surface area contributed by atoms with Crippen LogP contribution < -0.4 is 14.8 Å². The molecule has 1 aliphatic rings. The number of benzene rings is 1. The van der Waals surface area contributed by atoms with Crippen LogP contribution in [0.25, 0.3) is 0 Å². The van der Waals surface area contributed by atoms with Crippen LogP contribution in [0, 0.1) is 5.92 Å². The number of ether oxygens (including phenoxy) is 2. The van der Waals surface area contributed by atoms with Crippen LogP contribution in [-0.4, -0.2) is 31.0 Å². The molecule has 1 aromatic rings. The van der Waals surface area contributed by atoms with Gasteiger partial charge in [-0.3, -0.25) is 0 Å². The fraction of sp³-hybridized carbons (Fsp3) is 0.500. The van der Waals surface area contributed by atoms with Crippen LogP contribution >= 0.6 is 0 Å². The Labute approximate surface area is 128 Å². The molecule has 0 saturated carbocycles. The van der Waals surface area contributed by atoms with Gasteiger partial charge in [-0.25, -0.2) is 0 Å². The zero-order valence-corrected chi connectivity index (χ0v) is 12.5. The smallest absolute Gasteiger partial charge is 0.387 e. The molecular formula is C16H21F2NO3. The summed E-state index contributed by atoms with van der Waals surface area (Å²) >= 11 is 0. The van der Waals surface area contributed by atoms with Crippen molar-refractivity contribution < 1.29 is 23.4 Å². The Morgan fingerprint density at radius 3 is 2.77 bits per heavy atom. The topological polar surface area (TPSA) is 50.7 Å². The first-order chi connectivity index (χ1) is 10.6. The average molecular weight is 313 g/mol.